The third kappa shape index (κ3) is 2.79. The summed E-state index contributed by atoms with van der Waals surface area (Å²) < 4.78 is 6.38. The van der Waals surface area contributed by atoms with Crippen molar-refractivity contribution in [2.24, 2.45) is 0 Å². The van der Waals surface area contributed by atoms with E-state index in [0.29, 0.717) is 21.5 Å². The van der Waals surface area contributed by atoms with Crippen molar-refractivity contribution in [2.45, 2.75) is 48.5 Å². The van der Waals surface area contributed by atoms with E-state index in [2.05, 4.69) is 10.4 Å². The van der Waals surface area contributed by atoms with E-state index >= 15 is 0 Å². The van der Waals surface area contributed by atoms with Crippen LogP contribution in [0.25, 0.3) is 10.2 Å². The molecular weight excluding hydrogens is 396 g/mol. The smallest absolute Gasteiger partial charge is 0.263 e. The molecular formula is C16H13ClN4OS3. The minimum atomic E-state index is 0.0171. The highest BCUT2D eigenvalue weighted by Crippen LogP contribution is 2.38. The van der Waals surface area contributed by atoms with Crippen LogP contribution in [0.15, 0.2) is 14.2 Å². The largest absolute Gasteiger partial charge is 0.287 e. The van der Waals surface area contributed by atoms with Crippen molar-refractivity contribution in [1.82, 2.24) is 13.9 Å². The molecule has 0 amide bonds. The number of nitriles is 1. The molecule has 0 aromatic carbocycles. The van der Waals surface area contributed by atoms with Crippen molar-refractivity contribution in [3.8, 4) is 6.07 Å². The zero-order valence-corrected chi connectivity index (χ0v) is 16.5. The molecule has 0 saturated heterocycles. The van der Waals surface area contributed by atoms with E-state index in [1.807, 2.05) is 6.92 Å². The molecule has 0 N–H and O–H groups in total. The summed E-state index contributed by atoms with van der Waals surface area (Å²) >= 11 is 10.0. The molecule has 1 aliphatic rings. The summed E-state index contributed by atoms with van der Waals surface area (Å²) in [6.07, 6.45) is 4.30. The summed E-state index contributed by atoms with van der Waals surface area (Å²) in [5, 5.41) is 10.8. The van der Waals surface area contributed by atoms with E-state index in [0.717, 1.165) is 41.0 Å². The Labute approximate surface area is 161 Å². The monoisotopic (exact) mass is 408 g/mol. The SMILES string of the molecule is CCn1c(Sc2snc(Cl)c2C#N)nc2sc3c(c2c1=O)CCCC3. The number of hydrogen-bond acceptors (Lipinski definition) is 7. The fourth-order valence-electron chi connectivity index (χ4n) is 3.08. The van der Waals surface area contributed by atoms with Crippen molar-refractivity contribution in [1.29, 1.82) is 5.26 Å². The first-order chi connectivity index (χ1) is 12.1. The number of thiophene rings is 1. The lowest BCUT2D eigenvalue weighted by molar-refractivity contribution is 0.634. The Kier molecular flexibility index (Phi) is 4.58. The Morgan fingerprint density at radius 2 is 2.20 bits per heavy atom. The number of rotatable bonds is 3. The van der Waals surface area contributed by atoms with Gasteiger partial charge in [0.2, 0.25) is 0 Å². The second-order valence-electron chi connectivity index (χ2n) is 5.68. The highest BCUT2D eigenvalue weighted by Gasteiger charge is 2.23. The van der Waals surface area contributed by atoms with Crippen LogP contribution >= 0.6 is 46.2 Å². The number of nitrogens with zero attached hydrogens (tertiary/aromatic N) is 4. The molecule has 1 aliphatic carbocycles. The van der Waals surface area contributed by atoms with Gasteiger partial charge in [0, 0.05) is 11.4 Å². The number of halogens is 1. The molecule has 3 aromatic heterocycles. The lowest BCUT2D eigenvalue weighted by Crippen LogP contribution is -2.22. The molecule has 9 heteroatoms. The summed E-state index contributed by atoms with van der Waals surface area (Å²) in [7, 11) is 0. The second kappa shape index (κ2) is 6.72. The van der Waals surface area contributed by atoms with Crippen LogP contribution in [-0.2, 0) is 19.4 Å². The highest BCUT2D eigenvalue weighted by molar-refractivity contribution is 8.01. The van der Waals surface area contributed by atoms with Crippen LogP contribution in [0.3, 0.4) is 0 Å². The molecule has 0 atom stereocenters. The molecule has 0 bridgehead atoms. The first-order valence-electron chi connectivity index (χ1n) is 7.92. The van der Waals surface area contributed by atoms with Gasteiger partial charge in [-0.05, 0) is 61.5 Å². The minimum Gasteiger partial charge on any atom is -0.287 e. The van der Waals surface area contributed by atoms with Crippen LogP contribution in [-0.4, -0.2) is 13.9 Å². The molecule has 0 spiro atoms. The predicted molar refractivity (Wildman–Crippen MR) is 102 cm³/mol. The molecule has 0 saturated carbocycles. The van der Waals surface area contributed by atoms with Gasteiger partial charge in [-0.2, -0.15) is 9.64 Å². The quantitative estimate of drug-likeness (QED) is 0.597. The number of aryl methyl sites for hydroxylation is 2. The Bertz CT molecular complexity index is 1080. The molecule has 0 radical (unpaired) electrons. The van der Waals surface area contributed by atoms with E-state index in [4.69, 9.17) is 16.6 Å². The topological polar surface area (TPSA) is 71.6 Å². The van der Waals surface area contributed by atoms with Crippen molar-refractivity contribution in [2.75, 3.05) is 0 Å². The van der Waals surface area contributed by atoms with Crippen molar-refractivity contribution < 1.29 is 0 Å². The number of fused-ring (bicyclic) bond motifs is 3. The van der Waals surface area contributed by atoms with Crippen LogP contribution in [0.2, 0.25) is 5.15 Å². The molecule has 0 aliphatic heterocycles. The Balaban J connectivity index is 1.89. The van der Waals surface area contributed by atoms with Crippen molar-refractivity contribution >= 4 is 56.4 Å². The molecule has 3 aromatic rings. The summed E-state index contributed by atoms with van der Waals surface area (Å²) in [4.78, 5) is 19.9. The summed E-state index contributed by atoms with van der Waals surface area (Å²) in [6.45, 7) is 2.46. The third-order valence-electron chi connectivity index (χ3n) is 4.27. The van der Waals surface area contributed by atoms with Crippen LogP contribution in [0.1, 0.15) is 35.8 Å². The predicted octanol–water partition coefficient (Wildman–Crippen LogP) is 4.49. The maximum absolute atomic E-state index is 13.1. The van der Waals surface area contributed by atoms with Gasteiger partial charge in [-0.3, -0.25) is 9.36 Å². The fourth-order valence-corrected chi connectivity index (χ4v) is 6.58. The van der Waals surface area contributed by atoms with Gasteiger partial charge in [-0.1, -0.05) is 11.6 Å². The normalized spacial score (nSPS) is 13.8. The average molecular weight is 409 g/mol. The summed E-state index contributed by atoms with van der Waals surface area (Å²) in [5.74, 6) is 0. The number of hydrogen-bond donors (Lipinski definition) is 0. The zero-order chi connectivity index (χ0) is 17.6. The Morgan fingerprint density at radius 3 is 2.96 bits per heavy atom. The number of aromatic nitrogens is 3. The van der Waals surface area contributed by atoms with Gasteiger partial charge in [0.05, 0.1) is 5.39 Å². The molecule has 0 fully saturated rings. The van der Waals surface area contributed by atoms with Crippen molar-refractivity contribution in [3.05, 3.63) is 31.5 Å². The molecule has 5 nitrogen and oxygen atoms in total. The molecule has 0 unspecified atom stereocenters. The maximum atomic E-state index is 13.1. The summed E-state index contributed by atoms with van der Waals surface area (Å²) in [5.41, 5.74) is 1.56. The van der Waals surface area contributed by atoms with Gasteiger partial charge in [0.25, 0.3) is 5.56 Å². The van der Waals surface area contributed by atoms with Gasteiger partial charge < -0.3 is 0 Å². The fraction of sp³-hybridized carbons (Fsp3) is 0.375. The lowest BCUT2D eigenvalue weighted by atomic mass is 9.97. The molecule has 4 rings (SSSR count). The first-order valence-corrected chi connectivity index (χ1v) is 10.7. The third-order valence-corrected chi connectivity index (χ3v) is 7.83. The lowest BCUT2D eigenvalue weighted by Gasteiger charge is -2.11. The van der Waals surface area contributed by atoms with E-state index < -0.39 is 0 Å². The summed E-state index contributed by atoms with van der Waals surface area (Å²) in [6, 6.07) is 2.08. The van der Waals surface area contributed by atoms with E-state index in [-0.39, 0.29) is 10.7 Å². The van der Waals surface area contributed by atoms with Gasteiger partial charge in [0.1, 0.15) is 20.7 Å². The maximum Gasteiger partial charge on any atom is 0.263 e. The first kappa shape index (κ1) is 17.0. The van der Waals surface area contributed by atoms with Crippen molar-refractivity contribution in [3.63, 3.8) is 0 Å². The van der Waals surface area contributed by atoms with Crippen LogP contribution in [0, 0.1) is 11.3 Å². The Morgan fingerprint density at radius 1 is 1.40 bits per heavy atom. The minimum absolute atomic E-state index is 0.0171. The molecule has 25 heavy (non-hydrogen) atoms. The van der Waals surface area contributed by atoms with Gasteiger partial charge in [-0.25, -0.2) is 4.98 Å². The van der Waals surface area contributed by atoms with E-state index in [1.165, 1.54) is 28.6 Å². The van der Waals surface area contributed by atoms with Gasteiger partial charge in [0.15, 0.2) is 10.3 Å². The van der Waals surface area contributed by atoms with Gasteiger partial charge >= 0.3 is 0 Å². The Hall–Kier alpha value is -1.40. The van der Waals surface area contributed by atoms with Crippen LogP contribution in [0.4, 0.5) is 0 Å². The average Bonchev–Trinajstić information content (AvgIpc) is 3.15. The van der Waals surface area contributed by atoms with Crippen LogP contribution < -0.4 is 5.56 Å². The highest BCUT2D eigenvalue weighted by atomic mass is 35.5. The standard InChI is InChI=1S/C16H13ClN4OS3/c1-2-21-14(22)11-8-5-3-4-6-10(8)23-13(11)19-16(21)24-15-9(7-18)12(17)20-25-15/h2-6H2,1H3. The van der Waals surface area contributed by atoms with E-state index in [9.17, 15) is 10.1 Å². The van der Waals surface area contributed by atoms with Gasteiger partial charge in [-0.15, -0.1) is 11.3 Å². The van der Waals surface area contributed by atoms with Crippen LogP contribution in [0.5, 0.6) is 0 Å². The van der Waals surface area contributed by atoms with E-state index in [1.54, 1.807) is 15.9 Å². The second-order valence-corrected chi connectivity index (χ2v) is 9.14. The molecule has 3 heterocycles. The molecule has 128 valence electrons. The zero-order valence-electron chi connectivity index (χ0n) is 13.3.